The normalized spacial score (nSPS) is 14.0. The van der Waals surface area contributed by atoms with Crippen molar-refractivity contribution >= 4 is 27.3 Å². The third-order valence-electron chi connectivity index (χ3n) is 5.66. The molecule has 0 amide bonds. The van der Waals surface area contributed by atoms with Crippen molar-refractivity contribution in [3.63, 3.8) is 0 Å². The number of H-pyrrole nitrogens is 1. The van der Waals surface area contributed by atoms with Crippen LogP contribution in [-0.2, 0) is 12.8 Å². The predicted molar refractivity (Wildman–Crippen MR) is 120 cm³/mol. The van der Waals surface area contributed by atoms with Gasteiger partial charge in [0.25, 0.3) is 5.56 Å². The Morgan fingerprint density at radius 3 is 2.81 bits per heavy atom. The third-order valence-corrected chi connectivity index (χ3v) is 6.85. The number of hydrogen-bond acceptors (Lipinski definition) is 7. The van der Waals surface area contributed by atoms with Crippen molar-refractivity contribution < 1.29 is 9.53 Å². The molecule has 3 heterocycles. The topological polar surface area (TPSA) is 114 Å². The quantitative estimate of drug-likeness (QED) is 0.470. The second-order valence-electron chi connectivity index (χ2n) is 7.59. The number of para-hydroxylation sites is 1. The Bertz CT molecular complexity index is 1430. The summed E-state index contributed by atoms with van der Waals surface area (Å²) < 4.78 is 6.87. The van der Waals surface area contributed by atoms with Crippen LogP contribution < -0.4 is 10.3 Å². The second-order valence-corrected chi connectivity index (χ2v) is 8.68. The van der Waals surface area contributed by atoms with Gasteiger partial charge in [-0.1, -0.05) is 18.2 Å². The zero-order valence-electron chi connectivity index (χ0n) is 17.3. The smallest absolute Gasteiger partial charge is 0.259 e. The zero-order valence-corrected chi connectivity index (χ0v) is 18.1. The molecule has 0 spiro atoms. The number of benzene rings is 1. The number of aromatic amines is 1. The summed E-state index contributed by atoms with van der Waals surface area (Å²) in [6, 6.07) is 11.3. The van der Waals surface area contributed by atoms with Gasteiger partial charge in [0.1, 0.15) is 10.7 Å². The first-order chi connectivity index (χ1) is 15.6. The van der Waals surface area contributed by atoms with E-state index in [0.717, 1.165) is 36.9 Å². The van der Waals surface area contributed by atoms with Gasteiger partial charge in [-0.3, -0.25) is 9.59 Å². The summed E-state index contributed by atoms with van der Waals surface area (Å²) in [5, 5.41) is 14.8. The highest BCUT2D eigenvalue weighted by atomic mass is 32.1. The average molecular weight is 446 g/mol. The summed E-state index contributed by atoms with van der Waals surface area (Å²) >= 11 is 1.48. The summed E-state index contributed by atoms with van der Waals surface area (Å²) in [6.45, 7) is 0. The van der Waals surface area contributed by atoms with Crippen molar-refractivity contribution in [3.8, 4) is 17.5 Å². The molecule has 32 heavy (non-hydrogen) atoms. The number of carbonyl (C=O) groups excluding carboxylic acids is 1. The average Bonchev–Trinajstić information content (AvgIpc) is 3.42. The van der Waals surface area contributed by atoms with Crippen LogP contribution in [0.2, 0.25) is 0 Å². The van der Waals surface area contributed by atoms with Crippen molar-refractivity contribution in [2.75, 3.05) is 7.11 Å². The lowest BCUT2D eigenvalue weighted by Crippen LogP contribution is -2.20. The molecule has 1 atom stereocenters. The van der Waals surface area contributed by atoms with Crippen LogP contribution in [0.1, 0.15) is 45.5 Å². The van der Waals surface area contributed by atoms with Crippen molar-refractivity contribution in [2.24, 2.45) is 0 Å². The van der Waals surface area contributed by atoms with Gasteiger partial charge in [-0.15, -0.1) is 11.3 Å². The predicted octanol–water partition coefficient (Wildman–Crippen LogP) is 3.55. The summed E-state index contributed by atoms with van der Waals surface area (Å²) in [5.74, 6) is -1.61. The lowest BCUT2D eigenvalue weighted by Gasteiger charge is -2.10. The lowest BCUT2D eigenvalue weighted by molar-refractivity contribution is 0.0968. The Morgan fingerprint density at radius 1 is 1.28 bits per heavy atom. The molecule has 9 heteroatoms. The number of nitrogens with one attached hydrogen (secondary N) is 1. The van der Waals surface area contributed by atoms with E-state index in [0.29, 0.717) is 10.2 Å². The molecule has 0 aliphatic heterocycles. The summed E-state index contributed by atoms with van der Waals surface area (Å²) in [4.78, 5) is 35.1. The van der Waals surface area contributed by atoms with E-state index >= 15 is 0 Å². The highest BCUT2D eigenvalue weighted by Crippen LogP contribution is 2.34. The van der Waals surface area contributed by atoms with Crippen LogP contribution in [0.15, 0.2) is 41.3 Å². The number of ketones is 1. The first-order valence-electron chi connectivity index (χ1n) is 10.3. The van der Waals surface area contributed by atoms with Crippen LogP contribution >= 0.6 is 11.3 Å². The van der Waals surface area contributed by atoms with E-state index < -0.39 is 11.7 Å². The fourth-order valence-corrected chi connectivity index (χ4v) is 5.36. The Labute approximate surface area is 187 Å². The van der Waals surface area contributed by atoms with Gasteiger partial charge in [-0.2, -0.15) is 10.4 Å². The molecule has 4 aromatic rings. The van der Waals surface area contributed by atoms with Crippen molar-refractivity contribution in [2.45, 2.75) is 31.6 Å². The van der Waals surface area contributed by atoms with E-state index in [4.69, 9.17) is 4.74 Å². The molecule has 8 nitrogen and oxygen atoms in total. The van der Waals surface area contributed by atoms with E-state index in [9.17, 15) is 14.9 Å². The zero-order chi connectivity index (χ0) is 22.2. The van der Waals surface area contributed by atoms with Gasteiger partial charge in [0, 0.05) is 4.88 Å². The minimum atomic E-state index is -1.31. The maximum absolute atomic E-state index is 13.3. The number of nitrogens with zero attached hydrogens (tertiary/aromatic N) is 4. The minimum Gasteiger partial charge on any atom is -0.493 e. The number of aromatic nitrogens is 4. The molecule has 1 aliphatic rings. The maximum atomic E-state index is 13.3. The van der Waals surface area contributed by atoms with E-state index in [1.807, 2.05) is 36.4 Å². The van der Waals surface area contributed by atoms with Crippen LogP contribution in [0.4, 0.5) is 0 Å². The molecule has 3 aromatic heterocycles. The SMILES string of the molecule is COc1cn(-c2ccccc2)nc1C(=O)C(C#N)c1nc2sc3c(c2c(=O)[nH]1)CCCC3. The first-order valence-corrected chi connectivity index (χ1v) is 11.1. The summed E-state index contributed by atoms with van der Waals surface area (Å²) in [6.07, 6.45) is 5.51. The van der Waals surface area contributed by atoms with Gasteiger partial charge in [0.2, 0.25) is 5.78 Å². The highest BCUT2D eigenvalue weighted by Gasteiger charge is 2.31. The van der Waals surface area contributed by atoms with Gasteiger partial charge in [0.05, 0.1) is 30.4 Å². The Hall–Kier alpha value is -3.77. The molecule has 0 saturated heterocycles. The van der Waals surface area contributed by atoms with Crippen LogP contribution in [0.25, 0.3) is 15.9 Å². The second kappa shape index (κ2) is 8.05. The molecule has 1 N–H and O–H groups in total. The molecular weight excluding hydrogens is 426 g/mol. The Morgan fingerprint density at radius 2 is 2.06 bits per heavy atom. The number of aryl methyl sites for hydroxylation is 2. The molecule has 0 bridgehead atoms. The van der Waals surface area contributed by atoms with Gasteiger partial charge < -0.3 is 9.72 Å². The summed E-state index contributed by atoms with van der Waals surface area (Å²) in [5.41, 5.74) is 1.51. The molecule has 1 aliphatic carbocycles. The highest BCUT2D eigenvalue weighted by molar-refractivity contribution is 7.18. The molecular formula is C23H19N5O3S. The van der Waals surface area contributed by atoms with Crippen LogP contribution in [0.5, 0.6) is 5.75 Å². The third kappa shape index (κ3) is 3.29. The molecule has 0 saturated carbocycles. The van der Waals surface area contributed by atoms with Crippen LogP contribution in [0, 0.1) is 11.3 Å². The van der Waals surface area contributed by atoms with Gasteiger partial charge in [-0.25, -0.2) is 9.67 Å². The maximum Gasteiger partial charge on any atom is 0.259 e. The molecule has 5 rings (SSSR count). The fraction of sp³-hybridized carbons (Fsp3) is 0.261. The number of nitriles is 1. The molecule has 1 unspecified atom stereocenters. The van der Waals surface area contributed by atoms with Gasteiger partial charge >= 0.3 is 0 Å². The number of ether oxygens (including phenoxy) is 1. The number of thiophene rings is 1. The number of fused-ring (bicyclic) bond motifs is 3. The standard InChI is InChI=1S/C23H19N5O3S/c1-31-16-12-28(13-7-3-2-4-8-13)27-19(16)20(29)15(11-24)21-25-22(30)18-14-9-5-6-10-17(14)32-23(18)26-21/h2-4,7-8,12,15H,5-6,9-10H2,1H3,(H,25,26,30). The van der Waals surface area contributed by atoms with Crippen LogP contribution in [-0.4, -0.2) is 32.6 Å². The summed E-state index contributed by atoms with van der Waals surface area (Å²) in [7, 11) is 1.44. The minimum absolute atomic E-state index is 0.0103. The number of carbonyl (C=O) groups is 1. The molecule has 0 fully saturated rings. The molecule has 0 radical (unpaired) electrons. The van der Waals surface area contributed by atoms with Crippen molar-refractivity contribution in [3.05, 3.63) is 68.8 Å². The van der Waals surface area contributed by atoms with E-state index in [1.165, 1.54) is 28.0 Å². The van der Waals surface area contributed by atoms with Gasteiger partial charge in [-0.05, 0) is 43.4 Å². The van der Waals surface area contributed by atoms with E-state index in [-0.39, 0.29) is 22.8 Å². The number of hydrogen-bond donors (Lipinski definition) is 1. The monoisotopic (exact) mass is 445 g/mol. The molecule has 160 valence electrons. The Balaban J connectivity index is 1.56. The Kier molecular flexibility index (Phi) is 5.07. The van der Waals surface area contributed by atoms with Crippen LogP contribution in [0.3, 0.4) is 0 Å². The van der Waals surface area contributed by atoms with Crippen molar-refractivity contribution in [1.82, 2.24) is 19.7 Å². The fourth-order valence-electron chi connectivity index (χ4n) is 4.09. The largest absolute Gasteiger partial charge is 0.493 e. The number of rotatable bonds is 5. The first kappa shape index (κ1) is 20.2. The lowest BCUT2D eigenvalue weighted by atomic mass is 9.97. The number of Topliss-reactive ketones (excluding diaryl/α,β-unsaturated/α-hetero) is 1. The molecule has 1 aromatic carbocycles. The van der Waals surface area contributed by atoms with E-state index in [1.54, 1.807) is 6.20 Å². The van der Waals surface area contributed by atoms with E-state index in [2.05, 4.69) is 15.1 Å². The van der Waals surface area contributed by atoms with Crippen molar-refractivity contribution in [1.29, 1.82) is 5.26 Å². The number of methoxy groups -OCH3 is 1. The van der Waals surface area contributed by atoms with Gasteiger partial charge in [0.15, 0.2) is 17.4 Å².